The zero-order valence-electron chi connectivity index (χ0n) is 7.42. The fraction of sp³-hybridized carbons (Fsp3) is 0.333. The van der Waals surface area contributed by atoms with Crippen LogP contribution in [0, 0.1) is 6.92 Å². The average molecular weight is 166 g/mol. The zero-order valence-corrected chi connectivity index (χ0v) is 7.42. The molecule has 0 spiro atoms. The third-order valence-corrected chi connectivity index (χ3v) is 1.81. The summed E-state index contributed by atoms with van der Waals surface area (Å²) in [6.07, 6.45) is 0. The summed E-state index contributed by atoms with van der Waals surface area (Å²) >= 11 is 0. The Morgan fingerprint density at radius 1 is 1.42 bits per heavy atom. The molecular formula is C9H14N2O. The van der Waals surface area contributed by atoms with Crippen LogP contribution in [0.1, 0.15) is 11.1 Å². The number of nitrogens with two attached hydrogens (primary N) is 2. The number of hydrogen-bond acceptors (Lipinski definition) is 3. The van der Waals surface area contributed by atoms with Crippen molar-refractivity contribution in [2.75, 3.05) is 12.8 Å². The lowest BCUT2D eigenvalue weighted by molar-refractivity contribution is 0.416. The van der Waals surface area contributed by atoms with Crippen molar-refractivity contribution in [3.05, 3.63) is 23.3 Å². The van der Waals surface area contributed by atoms with Crippen molar-refractivity contribution in [1.29, 1.82) is 0 Å². The van der Waals surface area contributed by atoms with Gasteiger partial charge in [-0.25, -0.2) is 0 Å². The number of aryl methyl sites for hydroxylation is 1. The van der Waals surface area contributed by atoms with Crippen molar-refractivity contribution in [2.45, 2.75) is 13.5 Å². The molecule has 4 N–H and O–H groups in total. The number of methoxy groups -OCH3 is 1. The van der Waals surface area contributed by atoms with Crippen molar-refractivity contribution < 1.29 is 4.74 Å². The summed E-state index contributed by atoms with van der Waals surface area (Å²) in [5.41, 5.74) is 14.0. The summed E-state index contributed by atoms with van der Waals surface area (Å²) < 4.78 is 5.09. The number of anilines is 1. The molecule has 0 saturated heterocycles. The van der Waals surface area contributed by atoms with Gasteiger partial charge in [-0.05, 0) is 24.1 Å². The maximum absolute atomic E-state index is 5.77. The predicted molar refractivity (Wildman–Crippen MR) is 50.0 cm³/mol. The van der Waals surface area contributed by atoms with Crippen molar-refractivity contribution in [1.82, 2.24) is 0 Å². The minimum Gasteiger partial charge on any atom is -0.495 e. The Balaban J connectivity index is 3.22. The van der Waals surface area contributed by atoms with E-state index in [1.165, 1.54) is 0 Å². The third kappa shape index (κ3) is 1.51. The first-order valence-electron chi connectivity index (χ1n) is 3.82. The normalized spacial score (nSPS) is 9.92. The third-order valence-electron chi connectivity index (χ3n) is 1.81. The van der Waals surface area contributed by atoms with E-state index in [4.69, 9.17) is 16.2 Å². The molecule has 0 saturated carbocycles. The highest BCUT2D eigenvalue weighted by Crippen LogP contribution is 2.26. The first-order chi connectivity index (χ1) is 5.69. The molecule has 0 atom stereocenters. The van der Waals surface area contributed by atoms with Crippen LogP contribution in [-0.4, -0.2) is 7.11 Å². The minimum atomic E-state index is 0.448. The molecule has 0 radical (unpaired) electrons. The van der Waals surface area contributed by atoms with Gasteiger partial charge in [-0.3, -0.25) is 0 Å². The second-order valence-corrected chi connectivity index (χ2v) is 2.74. The van der Waals surface area contributed by atoms with E-state index >= 15 is 0 Å². The highest BCUT2D eigenvalue weighted by Gasteiger charge is 2.04. The smallest absolute Gasteiger partial charge is 0.142 e. The van der Waals surface area contributed by atoms with Gasteiger partial charge < -0.3 is 16.2 Å². The molecule has 0 aliphatic heterocycles. The van der Waals surface area contributed by atoms with Crippen LogP contribution < -0.4 is 16.2 Å². The largest absolute Gasteiger partial charge is 0.495 e. The maximum atomic E-state index is 5.77. The predicted octanol–water partition coefficient (Wildman–Crippen LogP) is 1.04. The van der Waals surface area contributed by atoms with Crippen molar-refractivity contribution in [2.24, 2.45) is 5.73 Å². The molecule has 0 aliphatic carbocycles. The lowest BCUT2D eigenvalue weighted by atomic mass is 10.1. The van der Waals surface area contributed by atoms with E-state index in [9.17, 15) is 0 Å². The van der Waals surface area contributed by atoms with Gasteiger partial charge in [-0.2, -0.15) is 0 Å². The number of nitrogen functional groups attached to an aromatic ring is 1. The number of ether oxygens (including phenoxy) is 1. The van der Waals surface area contributed by atoms with Crippen molar-refractivity contribution in [3.63, 3.8) is 0 Å². The van der Waals surface area contributed by atoms with E-state index in [0.717, 1.165) is 11.1 Å². The quantitative estimate of drug-likeness (QED) is 0.645. The first kappa shape index (κ1) is 8.87. The molecule has 3 nitrogen and oxygen atoms in total. The Labute approximate surface area is 72.3 Å². The fourth-order valence-corrected chi connectivity index (χ4v) is 1.17. The number of rotatable bonds is 2. The second kappa shape index (κ2) is 3.45. The van der Waals surface area contributed by atoms with Crippen molar-refractivity contribution >= 4 is 5.69 Å². The fourth-order valence-electron chi connectivity index (χ4n) is 1.17. The van der Waals surface area contributed by atoms with E-state index in [-0.39, 0.29) is 0 Å². The van der Waals surface area contributed by atoms with E-state index in [2.05, 4.69) is 0 Å². The Kier molecular flexibility index (Phi) is 2.55. The first-order valence-corrected chi connectivity index (χ1v) is 3.82. The summed E-state index contributed by atoms with van der Waals surface area (Å²) in [6, 6.07) is 3.87. The molecule has 1 rings (SSSR count). The molecule has 0 unspecified atom stereocenters. The topological polar surface area (TPSA) is 61.3 Å². The summed E-state index contributed by atoms with van der Waals surface area (Å²) in [6.45, 7) is 2.44. The second-order valence-electron chi connectivity index (χ2n) is 2.74. The summed E-state index contributed by atoms with van der Waals surface area (Å²) in [7, 11) is 1.60. The van der Waals surface area contributed by atoms with Gasteiger partial charge in [0.2, 0.25) is 0 Å². The Hall–Kier alpha value is -1.22. The van der Waals surface area contributed by atoms with Gasteiger partial charge in [0.1, 0.15) is 5.75 Å². The standard InChI is InChI=1S/C9H14N2O/c1-6-3-7(5-10)9(11)8(4-6)12-2/h3-4H,5,10-11H2,1-2H3. The van der Waals surface area contributed by atoms with Gasteiger partial charge in [-0.1, -0.05) is 6.07 Å². The van der Waals surface area contributed by atoms with Crippen LogP contribution in [-0.2, 0) is 6.54 Å². The Bertz CT molecular complexity index is 259. The van der Waals surface area contributed by atoms with Gasteiger partial charge in [0.05, 0.1) is 12.8 Å². The summed E-state index contributed by atoms with van der Waals surface area (Å²) in [5, 5.41) is 0. The van der Waals surface area contributed by atoms with Crippen LogP contribution in [0.25, 0.3) is 0 Å². The van der Waals surface area contributed by atoms with Gasteiger partial charge in [0.15, 0.2) is 0 Å². The molecule has 1 aromatic carbocycles. The molecule has 12 heavy (non-hydrogen) atoms. The summed E-state index contributed by atoms with van der Waals surface area (Å²) in [5.74, 6) is 0.704. The molecule has 0 fully saturated rings. The SMILES string of the molecule is COc1cc(C)cc(CN)c1N. The van der Waals surface area contributed by atoms with E-state index < -0.39 is 0 Å². The lowest BCUT2D eigenvalue weighted by Crippen LogP contribution is -2.03. The molecule has 66 valence electrons. The summed E-state index contributed by atoms with van der Waals surface area (Å²) in [4.78, 5) is 0. The van der Waals surface area contributed by atoms with Gasteiger partial charge in [-0.15, -0.1) is 0 Å². The Morgan fingerprint density at radius 3 is 2.58 bits per heavy atom. The van der Waals surface area contributed by atoms with E-state index in [1.54, 1.807) is 7.11 Å². The number of hydrogen-bond donors (Lipinski definition) is 2. The zero-order chi connectivity index (χ0) is 9.14. The van der Waals surface area contributed by atoms with E-state index in [0.29, 0.717) is 18.0 Å². The highest BCUT2D eigenvalue weighted by atomic mass is 16.5. The van der Waals surface area contributed by atoms with Crippen LogP contribution in [0.3, 0.4) is 0 Å². The monoisotopic (exact) mass is 166 g/mol. The molecule has 0 heterocycles. The van der Waals surface area contributed by atoms with Crippen LogP contribution in [0.2, 0.25) is 0 Å². The highest BCUT2D eigenvalue weighted by molar-refractivity contribution is 5.60. The van der Waals surface area contributed by atoms with Crippen LogP contribution in [0.15, 0.2) is 12.1 Å². The Morgan fingerprint density at radius 2 is 2.08 bits per heavy atom. The van der Waals surface area contributed by atoms with Crippen molar-refractivity contribution in [3.8, 4) is 5.75 Å². The lowest BCUT2D eigenvalue weighted by Gasteiger charge is -2.09. The van der Waals surface area contributed by atoms with Crippen LogP contribution in [0.4, 0.5) is 5.69 Å². The van der Waals surface area contributed by atoms with Gasteiger partial charge >= 0.3 is 0 Å². The van der Waals surface area contributed by atoms with E-state index in [1.807, 2.05) is 19.1 Å². The molecule has 1 aromatic rings. The molecule has 0 amide bonds. The maximum Gasteiger partial charge on any atom is 0.142 e. The molecule has 3 heteroatoms. The average Bonchev–Trinajstić information content (AvgIpc) is 2.08. The minimum absolute atomic E-state index is 0.448. The van der Waals surface area contributed by atoms with Gasteiger partial charge in [0.25, 0.3) is 0 Å². The molecule has 0 bridgehead atoms. The molecule has 0 aliphatic rings. The van der Waals surface area contributed by atoms with Gasteiger partial charge in [0, 0.05) is 6.54 Å². The van der Waals surface area contributed by atoms with Crippen LogP contribution in [0.5, 0.6) is 5.75 Å². The van der Waals surface area contributed by atoms with Crippen LogP contribution >= 0.6 is 0 Å². The molecule has 0 aromatic heterocycles. The molecular weight excluding hydrogens is 152 g/mol. The number of benzene rings is 1.